The molecule has 0 saturated heterocycles. The third-order valence-corrected chi connectivity index (χ3v) is 5.16. The van der Waals surface area contributed by atoms with Crippen molar-refractivity contribution in [2.75, 3.05) is 11.1 Å². The summed E-state index contributed by atoms with van der Waals surface area (Å²) >= 11 is 0. The lowest BCUT2D eigenvalue weighted by molar-refractivity contribution is -0.137. The van der Waals surface area contributed by atoms with Crippen molar-refractivity contribution in [1.29, 1.82) is 0 Å². The minimum atomic E-state index is -4.51. The summed E-state index contributed by atoms with van der Waals surface area (Å²) in [6.07, 6.45) is -0.531. The molecular formula is C25H21F3N6O3. The van der Waals surface area contributed by atoms with E-state index < -0.39 is 23.7 Å². The Morgan fingerprint density at radius 3 is 2.51 bits per heavy atom. The number of pyridine rings is 1. The molecule has 0 aliphatic carbocycles. The monoisotopic (exact) mass is 510 g/mol. The summed E-state index contributed by atoms with van der Waals surface area (Å²) in [7, 11) is 0. The second-order valence-electron chi connectivity index (χ2n) is 7.87. The first kappa shape index (κ1) is 25.2. The van der Waals surface area contributed by atoms with Gasteiger partial charge in [-0.25, -0.2) is 9.48 Å². The number of alkyl halides is 3. The van der Waals surface area contributed by atoms with Crippen LogP contribution in [0.2, 0.25) is 0 Å². The number of benzene rings is 2. The van der Waals surface area contributed by atoms with Gasteiger partial charge in [0.2, 0.25) is 0 Å². The van der Waals surface area contributed by atoms with Gasteiger partial charge >= 0.3 is 12.3 Å². The Balaban J connectivity index is 1.33. The van der Waals surface area contributed by atoms with Crippen LogP contribution >= 0.6 is 0 Å². The number of nitrogens with zero attached hydrogens (tertiary/aromatic N) is 3. The molecule has 2 aromatic carbocycles. The van der Waals surface area contributed by atoms with Crippen molar-refractivity contribution < 1.29 is 27.5 Å². The fourth-order valence-corrected chi connectivity index (χ4v) is 3.25. The number of halogens is 3. The largest absolute Gasteiger partial charge is 0.445 e. The fourth-order valence-electron chi connectivity index (χ4n) is 3.25. The maximum atomic E-state index is 13.0. The number of nitrogens with one attached hydrogen (secondary N) is 2. The topological polar surface area (TPSA) is 124 Å². The zero-order valence-electron chi connectivity index (χ0n) is 19.2. The predicted octanol–water partition coefficient (Wildman–Crippen LogP) is 4.55. The fraction of sp³-hybridized carbons (Fsp3) is 0.120. The highest BCUT2D eigenvalue weighted by Gasteiger charge is 2.30. The molecule has 2 amide bonds. The molecule has 4 aromatic rings. The van der Waals surface area contributed by atoms with E-state index in [0.717, 1.165) is 22.4 Å². The Kier molecular flexibility index (Phi) is 7.37. The average molecular weight is 510 g/mol. The summed E-state index contributed by atoms with van der Waals surface area (Å²) in [4.78, 5) is 28.5. The predicted molar refractivity (Wildman–Crippen MR) is 129 cm³/mol. The zero-order chi connectivity index (χ0) is 26.4. The molecule has 4 rings (SSSR count). The van der Waals surface area contributed by atoms with E-state index in [1.54, 1.807) is 30.6 Å². The van der Waals surface area contributed by atoms with Crippen LogP contribution in [0.25, 0.3) is 5.69 Å². The van der Waals surface area contributed by atoms with Gasteiger partial charge in [-0.1, -0.05) is 24.3 Å². The van der Waals surface area contributed by atoms with E-state index in [-0.39, 0.29) is 35.9 Å². The standard InChI is InChI=1S/C25H21F3N6O3/c26-25(27,28)19-4-1-5-20(11-19)34-14-21(29)22(33-34)32-23(35)18-8-6-16(7-9-18)15-37-24(36)31-13-17-3-2-10-30-12-17/h1-12,14H,13,15,29H2,(H,31,36)(H,32,33,35). The number of anilines is 2. The molecule has 12 heteroatoms. The lowest BCUT2D eigenvalue weighted by Gasteiger charge is -2.09. The van der Waals surface area contributed by atoms with Crippen molar-refractivity contribution in [2.45, 2.75) is 19.3 Å². The molecule has 2 heterocycles. The third kappa shape index (κ3) is 6.63. The number of ether oxygens (including phenoxy) is 1. The first-order valence-corrected chi connectivity index (χ1v) is 10.9. The minimum Gasteiger partial charge on any atom is -0.445 e. The summed E-state index contributed by atoms with van der Waals surface area (Å²) in [5.41, 5.74) is 7.04. The van der Waals surface area contributed by atoms with Crippen LogP contribution in [0.1, 0.15) is 27.0 Å². The van der Waals surface area contributed by atoms with Gasteiger partial charge in [0.1, 0.15) is 6.61 Å². The van der Waals surface area contributed by atoms with Crippen LogP contribution in [-0.4, -0.2) is 26.8 Å². The molecule has 2 aromatic heterocycles. The summed E-state index contributed by atoms with van der Waals surface area (Å²) in [5.74, 6) is -0.525. The molecule has 0 aliphatic rings. The number of nitrogen functional groups attached to an aromatic ring is 1. The maximum absolute atomic E-state index is 13.0. The van der Waals surface area contributed by atoms with Crippen molar-refractivity contribution in [3.8, 4) is 5.69 Å². The van der Waals surface area contributed by atoms with E-state index in [0.29, 0.717) is 5.56 Å². The first-order valence-electron chi connectivity index (χ1n) is 10.9. The smallest absolute Gasteiger partial charge is 0.416 e. The molecule has 0 radical (unpaired) electrons. The number of alkyl carbamates (subject to hydrolysis) is 1. The molecule has 0 bridgehead atoms. The van der Waals surface area contributed by atoms with Gasteiger partial charge in [-0.05, 0) is 47.5 Å². The van der Waals surface area contributed by atoms with E-state index in [2.05, 4.69) is 20.7 Å². The Morgan fingerprint density at radius 1 is 1.03 bits per heavy atom. The summed E-state index contributed by atoms with van der Waals surface area (Å²) in [6.45, 7) is 0.271. The van der Waals surface area contributed by atoms with Gasteiger partial charge in [-0.2, -0.15) is 13.2 Å². The maximum Gasteiger partial charge on any atom is 0.416 e. The summed E-state index contributed by atoms with van der Waals surface area (Å²) in [5, 5.41) is 9.26. The Morgan fingerprint density at radius 2 is 1.81 bits per heavy atom. The number of hydrogen-bond donors (Lipinski definition) is 3. The highest BCUT2D eigenvalue weighted by atomic mass is 19.4. The minimum absolute atomic E-state index is 0.000101. The Bertz CT molecular complexity index is 1390. The molecule has 0 saturated carbocycles. The lowest BCUT2D eigenvalue weighted by atomic mass is 10.1. The van der Waals surface area contributed by atoms with Crippen LogP contribution in [-0.2, 0) is 24.1 Å². The normalized spacial score (nSPS) is 11.1. The average Bonchev–Trinajstić information content (AvgIpc) is 3.26. The quantitative estimate of drug-likeness (QED) is 0.335. The van der Waals surface area contributed by atoms with Gasteiger partial charge in [0, 0.05) is 24.5 Å². The molecule has 0 unspecified atom stereocenters. The van der Waals surface area contributed by atoms with E-state index in [4.69, 9.17) is 10.5 Å². The highest BCUT2D eigenvalue weighted by molar-refractivity contribution is 6.05. The Hall–Kier alpha value is -4.87. The molecule has 37 heavy (non-hydrogen) atoms. The van der Waals surface area contributed by atoms with Crippen molar-refractivity contribution in [2.24, 2.45) is 0 Å². The van der Waals surface area contributed by atoms with E-state index in [1.807, 2.05) is 6.07 Å². The van der Waals surface area contributed by atoms with E-state index in [9.17, 15) is 22.8 Å². The SMILES string of the molecule is Nc1cn(-c2cccc(C(F)(F)F)c2)nc1NC(=O)c1ccc(COC(=O)NCc2cccnc2)cc1. The van der Waals surface area contributed by atoms with Crippen LogP contribution in [0.15, 0.2) is 79.3 Å². The van der Waals surface area contributed by atoms with Gasteiger partial charge < -0.3 is 21.1 Å². The summed E-state index contributed by atoms with van der Waals surface area (Å²) < 4.78 is 45.3. The molecule has 0 spiro atoms. The number of carbonyl (C=O) groups excluding carboxylic acids is 2. The highest BCUT2D eigenvalue weighted by Crippen LogP contribution is 2.30. The zero-order valence-corrected chi connectivity index (χ0v) is 19.2. The molecule has 0 fully saturated rings. The Labute approximate surface area is 209 Å². The van der Waals surface area contributed by atoms with Crippen molar-refractivity contribution in [3.05, 3.63) is 102 Å². The molecule has 0 atom stereocenters. The molecule has 9 nitrogen and oxygen atoms in total. The van der Waals surface area contributed by atoms with Gasteiger partial charge in [-0.15, -0.1) is 5.10 Å². The van der Waals surface area contributed by atoms with Crippen LogP contribution in [0, 0.1) is 0 Å². The second-order valence-corrected chi connectivity index (χ2v) is 7.87. The molecule has 4 N–H and O–H groups in total. The van der Waals surface area contributed by atoms with Crippen molar-refractivity contribution >= 4 is 23.5 Å². The van der Waals surface area contributed by atoms with Crippen LogP contribution in [0.5, 0.6) is 0 Å². The number of hydrogen-bond acceptors (Lipinski definition) is 6. The van der Waals surface area contributed by atoms with Crippen LogP contribution in [0.4, 0.5) is 29.5 Å². The van der Waals surface area contributed by atoms with E-state index in [1.165, 1.54) is 30.5 Å². The van der Waals surface area contributed by atoms with Gasteiger partial charge in [-0.3, -0.25) is 9.78 Å². The molecular weight excluding hydrogens is 489 g/mol. The summed E-state index contributed by atoms with van der Waals surface area (Å²) in [6, 6.07) is 14.4. The number of amides is 2. The van der Waals surface area contributed by atoms with E-state index >= 15 is 0 Å². The van der Waals surface area contributed by atoms with Gasteiger partial charge in [0.05, 0.1) is 23.1 Å². The number of carbonyl (C=O) groups is 2. The van der Waals surface area contributed by atoms with Crippen molar-refractivity contribution in [1.82, 2.24) is 20.1 Å². The number of rotatable bonds is 7. The first-order chi connectivity index (χ1) is 17.7. The number of aromatic nitrogens is 3. The molecule has 0 aliphatic heterocycles. The van der Waals surface area contributed by atoms with Crippen LogP contribution < -0.4 is 16.4 Å². The lowest BCUT2D eigenvalue weighted by Crippen LogP contribution is -2.23. The van der Waals surface area contributed by atoms with Crippen molar-refractivity contribution in [3.63, 3.8) is 0 Å². The van der Waals surface area contributed by atoms with Gasteiger partial charge in [0.25, 0.3) is 5.91 Å². The van der Waals surface area contributed by atoms with Crippen LogP contribution in [0.3, 0.4) is 0 Å². The van der Waals surface area contributed by atoms with Gasteiger partial charge in [0.15, 0.2) is 5.82 Å². The second kappa shape index (κ2) is 10.8. The molecule has 190 valence electrons. The third-order valence-electron chi connectivity index (χ3n) is 5.16. The number of nitrogens with two attached hydrogens (primary N) is 1.